The molecule has 5 heteroatoms. The van der Waals surface area contributed by atoms with E-state index >= 15 is 0 Å². The standard InChI is InChI=1S/C7H5N2O2S/c10-4-1-2-6(11)9-7-8-3-5-12-7/h1-3,5H,(H,8,9,11)/b2-1+. The Kier molecular flexibility index (Phi) is 3.16. The topological polar surface area (TPSA) is 59.1 Å². The van der Waals surface area contributed by atoms with Gasteiger partial charge in [0.15, 0.2) is 5.13 Å². The first-order valence-corrected chi connectivity index (χ1v) is 3.95. The number of hydrogen-bond donors (Lipinski definition) is 1. The molecule has 1 rings (SSSR count). The number of anilines is 1. The maximum Gasteiger partial charge on any atom is 0.250 e. The van der Waals surface area contributed by atoms with Gasteiger partial charge in [0.2, 0.25) is 12.2 Å². The van der Waals surface area contributed by atoms with Crippen LogP contribution >= 0.6 is 11.3 Å². The van der Waals surface area contributed by atoms with Crippen LogP contribution in [0.15, 0.2) is 23.7 Å². The summed E-state index contributed by atoms with van der Waals surface area (Å²) in [5, 5.41) is 4.71. The summed E-state index contributed by atoms with van der Waals surface area (Å²) in [7, 11) is 0. The summed E-state index contributed by atoms with van der Waals surface area (Å²) >= 11 is 1.31. The molecule has 0 fully saturated rings. The minimum atomic E-state index is -0.381. The van der Waals surface area contributed by atoms with Gasteiger partial charge in [0.1, 0.15) is 0 Å². The van der Waals surface area contributed by atoms with Gasteiger partial charge in [0.25, 0.3) is 0 Å². The highest BCUT2D eigenvalue weighted by Crippen LogP contribution is 2.09. The fourth-order valence-electron chi connectivity index (χ4n) is 0.542. The van der Waals surface area contributed by atoms with Crippen LogP contribution in [0.1, 0.15) is 0 Å². The number of hydrogen-bond acceptors (Lipinski definition) is 4. The molecule has 0 aliphatic carbocycles. The minimum Gasteiger partial charge on any atom is -0.298 e. The van der Waals surface area contributed by atoms with Crippen molar-refractivity contribution in [2.75, 3.05) is 5.32 Å². The summed E-state index contributed by atoms with van der Waals surface area (Å²) < 4.78 is 0. The van der Waals surface area contributed by atoms with Crippen LogP contribution in [0.4, 0.5) is 5.13 Å². The maximum absolute atomic E-state index is 10.9. The normalized spacial score (nSPS) is 10.0. The van der Waals surface area contributed by atoms with Crippen molar-refractivity contribution in [3.63, 3.8) is 0 Å². The first-order chi connectivity index (χ1) is 5.83. The van der Waals surface area contributed by atoms with Crippen molar-refractivity contribution in [2.45, 2.75) is 0 Å². The second kappa shape index (κ2) is 4.40. The smallest absolute Gasteiger partial charge is 0.250 e. The van der Waals surface area contributed by atoms with E-state index < -0.39 is 0 Å². The molecule has 61 valence electrons. The third kappa shape index (κ3) is 2.63. The van der Waals surface area contributed by atoms with Gasteiger partial charge in [-0.15, -0.1) is 11.3 Å². The van der Waals surface area contributed by atoms with Gasteiger partial charge in [-0.05, 0) is 6.08 Å². The van der Waals surface area contributed by atoms with Crippen molar-refractivity contribution < 1.29 is 9.59 Å². The highest BCUT2D eigenvalue weighted by atomic mass is 32.1. The summed E-state index contributed by atoms with van der Waals surface area (Å²) in [5.74, 6) is -0.381. The summed E-state index contributed by atoms with van der Waals surface area (Å²) in [5.41, 5.74) is 0. The summed E-state index contributed by atoms with van der Waals surface area (Å²) in [6, 6.07) is 0. The van der Waals surface area contributed by atoms with Crippen molar-refractivity contribution in [1.82, 2.24) is 4.98 Å². The second-order valence-electron chi connectivity index (χ2n) is 1.78. The predicted molar refractivity (Wildman–Crippen MR) is 45.6 cm³/mol. The van der Waals surface area contributed by atoms with E-state index in [1.165, 1.54) is 17.6 Å². The Morgan fingerprint density at radius 3 is 3.17 bits per heavy atom. The van der Waals surface area contributed by atoms with E-state index in [9.17, 15) is 9.59 Å². The van der Waals surface area contributed by atoms with Gasteiger partial charge >= 0.3 is 0 Å². The quantitative estimate of drug-likeness (QED) is 0.700. The summed E-state index contributed by atoms with van der Waals surface area (Å²) in [6.07, 6.45) is 5.14. The molecule has 0 saturated heterocycles. The molecule has 1 aromatic rings. The molecule has 1 radical (unpaired) electrons. The molecule has 1 amide bonds. The fraction of sp³-hybridized carbons (Fsp3) is 0. The van der Waals surface area contributed by atoms with E-state index in [1.54, 1.807) is 11.6 Å². The zero-order chi connectivity index (χ0) is 8.81. The zero-order valence-corrected chi connectivity index (χ0v) is 6.80. The fourth-order valence-corrected chi connectivity index (χ4v) is 1.07. The zero-order valence-electron chi connectivity index (χ0n) is 5.98. The van der Waals surface area contributed by atoms with Gasteiger partial charge < -0.3 is 0 Å². The Balaban J connectivity index is 2.47. The van der Waals surface area contributed by atoms with Gasteiger partial charge in [0, 0.05) is 17.7 Å². The number of thiazole rings is 1. The molecule has 0 aromatic carbocycles. The lowest BCUT2D eigenvalue weighted by Crippen LogP contribution is -2.07. The first kappa shape index (κ1) is 8.61. The molecule has 0 saturated carbocycles. The van der Waals surface area contributed by atoms with E-state index in [1.807, 2.05) is 0 Å². The van der Waals surface area contributed by atoms with Gasteiger partial charge in [-0.1, -0.05) is 0 Å². The largest absolute Gasteiger partial charge is 0.298 e. The third-order valence-electron chi connectivity index (χ3n) is 0.965. The van der Waals surface area contributed by atoms with E-state index in [0.717, 1.165) is 12.2 Å². The first-order valence-electron chi connectivity index (χ1n) is 3.07. The summed E-state index contributed by atoms with van der Waals surface area (Å²) in [4.78, 5) is 24.4. The van der Waals surface area contributed by atoms with Crippen molar-refractivity contribution in [3.05, 3.63) is 23.7 Å². The molecule has 0 atom stereocenters. The number of amides is 1. The van der Waals surface area contributed by atoms with Crippen molar-refractivity contribution >= 4 is 28.7 Å². The molecule has 0 aliphatic heterocycles. The Hall–Kier alpha value is -1.49. The SMILES string of the molecule is O=[C]/C=C/C(=O)Nc1nccs1. The van der Waals surface area contributed by atoms with E-state index in [2.05, 4.69) is 10.3 Å². The lowest BCUT2D eigenvalue weighted by Gasteiger charge is -1.92. The summed E-state index contributed by atoms with van der Waals surface area (Å²) in [6.45, 7) is 0. The van der Waals surface area contributed by atoms with Gasteiger partial charge in [-0.3, -0.25) is 14.9 Å². The average molecular weight is 181 g/mol. The van der Waals surface area contributed by atoms with Gasteiger partial charge in [-0.2, -0.15) is 0 Å². The van der Waals surface area contributed by atoms with Crippen molar-refractivity contribution in [2.24, 2.45) is 0 Å². The lowest BCUT2D eigenvalue weighted by atomic mass is 10.5. The highest BCUT2D eigenvalue weighted by molar-refractivity contribution is 7.13. The van der Waals surface area contributed by atoms with Crippen LogP contribution < -0.4 is 5.32 Å². The number of carbonyl (C=O) groups is 1. The van der Waals surface area contributed by atoms with Crippen LogP contribution in [0.3, 0.4) is 0 Å². The van der Waals surface area contributed by atoms with E-state index in [4.69, 9.17) is 0 Å². The highest BCUT2D eigenvalue weighted by Gasteiger charge is 1.97. The maximum atomic E-state index is 10.9. The van der Waals surface area contributed by atoms with Crippen molar-refractivity contribution in [1.29, 1.82) is 0 Å². The molecule has 4 nitrogen and oxygen atoms in total. The molecule has 1 N–H and O–H groups in total. The predicted octanol–water partition coefficient (Wildman–Crippen LogP) is 0.748. The number of aromatic nitrogens is 1. The number of allylic oxidation sites excluding steroid dienone is 1. The van der Waals surface area contributed by atoms with Crippen LogP contribution in [0.2, 0.25) is 0 Å². The van der Waals surface area contributed by atoms with E-state index in [0.29, 0.717) is 5.13 Å². The molecular formula is C7H5N2O2S. The molecule has 0 unspecified atom stereocenters. The van der Waals surface area contributed by atoms with Gasteiger partial charge in [0.05, 0.1) is 0 Å². The molecule has 12 heavy (non-hydrogen) atoms. The third-order valence-corrected chi connectivity index (χ3v) is 1.65. The Bertz CT molecular complexity index is 292. The molecule has 1 heterocycles. The Morgan fingerprint density at radius 1 is 1.75 bits per heavy atom. The lowest BCUT2D eigenvalue weighted by molar-refractivity contribution is -0.111. The van der Waals surface area contributed by atoms with E-state index in [-0.39, 0.29) is 5.91 Å². The molecular weight excluding hydrogens is 176 g/mol. The van der Waals surface area contributed by atoms with Crippen LogP contribution in [-0.2, 0) is 9.59 Å². The number of nitrogens with zero attached hydrogens (tertiary/aromatic N) is 1. The molecule has 0 aliphatic rings. The molecule has 1 aromatic heterocycles. The van der Waals surface area contributed by atoms with Crippen molar-refractivity contribution in [3.8, 4) is 0 Å². The Morgan fingerprint density at radius 2 is 2.58 bits per heavy atom. The Labute approximate surface area is 72.9 Å². The monoisotopic (exact) mass is 181 g/mol. The number of carbonyl (C=O) groups excluding carboxylic acids is 2. The molecule has 0 bridgehead atoms. The second-order valence-corrected chi connectivity index (χ2v) is 2.67. The average Bonchev–Trinajstić information content (AvgIpc) is 2.53. The molecule has 0 spiro atoms. The number of nitrogens with one attached hydrogen (secondary N) is 1. The number of rotatable bonds is 3. The van der Waals surface area contributed by atoms with Crippen LogP contribution in [0.5, 0.6) is 0 Å². The van der Waals surface area contributed by atoms with Crippen LogP contribution in [0, 0.1) is 0 Å². The van der Waals surface area contributed by atoms with Gasteiger partial charge in [-0.25, -0.2) is 4.98 Å². The van der Waals surface area contributed by atoms with Crippen LogP contribution in [0.25, 0.3) is 0 Å². The minimum absolute atomic E-state index is 0.381. The van der Waals surface area contributed by atoms with Crippen LogP contribution in [-0.4, -0.2) is 17.2 Å².